The van der Waals surface area contributed by atoms with Crippen molar-refractivity contribution in [3.63, 3.8) is 0 Å². The van der Waals surface area contributed by atoms with Gasteiger partial charge in [0.1, 0.15) is 6.04 Å². The first-order valence-electron chi connectivity index (χ1n) is 6.60. The predicted octanol–water partition coefficient (Wildman–Crippen LogP) is -0.393. The van der Waals surface area contributed by atoms with Crippen molar-refractivity contribution >= 4 is 24.2 Å². The van der Waals surface area contributed by atoms with E-state index in [9.17, 15) is 9.59 Å². The molecule has 0 bridgehead atoms. The summed E-state index contributed by atoms with van der Waals surface area (Å²) < 4.78 is 5.24. The summed E-state index contributed by atoms with van der Waals surface area (Å²) in [6.45, 7) is 3.05. The number of carbonyl (C=O) groups excluding carboxylic acids is 2. The summed E-state index contributed by atoms with van der Waals surface area (Å²) >= 11 is 0. The van der Waals surface area contributed by atoms with Gasteiger partial charge in [-0.05, 0) is 19.3 Å². The van der Waals surface area contributed by atoms with E-state index in [0.717, 1.165) is 19.3 Å². The standard InChI is InChI=1S/C12H21N3O3.ClH/c13-9-11(16)15-4-2-1-3-10(15)12(17)14-5-7-18-8-6-14;/h10H,1-9,13H2;1H. The molecule has 0 aromatic rings. The average Bonchev–Trinajstić information content (AvgIpc) is 2.46. The summed E-state index contributed by atoms with van der Waals surface area (Å²) in [5.74, 6) is -0.0684. The quantitative estimate of drug-likeness (QED) is 0.752. The molecule has 2 rings (SSSR count). The van der Waals surface area contributed by atoms with Gasteiger partial charge in [-0.2, -0.15) is 0 Å². The first-order chi connectivity index (χ1) is 8.74. The van der Waals surface area contributed by atoms with Crippen LogP contribution in [0.3, 0.4) is 0 Å². The van der Waals surface area contributed by atoms with E-state index in [0.29, 0.717) is 32.8 Å². The molecule has 2 heterocycles. The van der Waals surface area contributed by atoms with E-state index < -0.39 is 0 Å². The van der Waals surface area contributed by atoms with Crippen LogP contribution < -0.4 is 5.73 Å². The molecule has 2 fully saturated rings. The third-order valence-electron chi connectivity index (χ3n) is 3.61. The van der Waals surface area contributed by atoms with Gasteiger partial charge < -0.3 is 20.3 Å². The first-order valence-corrected chi connectivity index (χ1v) is 6.60. The van der Waals surface area contributed by atoms with Crippen molar-refractivity contribution in [3.8, 4) is 0 Å². The molecule has 2 amide bonds. The van der Waals surface area contributed by atoms with E-state index in [2.05, 4.69) is 0 Å². The molecule has 19 heavy (non-hydrogen) atoms. The van der Waals surface area contributed by atoms with Crippen LogP contribution in [0.15, 0.2) is 0 Å². The number of rotatable bonds is 2. The van der Waals surface area contributed by atoms with Crippen molar-refractivity contribution in [2.75, 3.05) is 39.4 Å². The van der Waals surface area contributed by atoms with Crippen LogP contribution >= 0.6 is 12.4 Å². The number of piperidine rings is 1. The predicted molar refractivity (Wildman–Crippen MR) is 73.1 cm³/mol. The van der Waals surface area contributed by atoms with Gasteiger partial charge in [-0.15, -0.1) is 12.4 Å². The maximum Gasteiger partial charge on any atom is 0.245 e. The molecule has 1 atom stereocenters. The second kappa shape index (κ2) is 7.67. The third kappa shape index (κ3) is 3.81. The highest BCUT2D eigenvalue weighted by Crippen LogP contribution is 2.19. The summed E-state index contributed by atoms with van der Waals surface area (Å²) in [5.41, 5.74) is 5.41. The molecule has 0 aromatic carbocycles. The number of ether oxygens (including phenoxy) is 1. The van der Waals surface area contributed by atoms with Crippen LogP contribution in [0, 0.1) is 0 Å². The lowest BCUT2D eigenvalue weighted by Gasteiger charge is -2.38. The number of likely N-dealkylation sites (tertiary alicyclic amines) is 1. The van der Waals surface area contributed by atoms with E-state index in [1.807, 2.05) is 0 Å². The summed E-state index contributed by atoms with van der Waals surface area (Å²) in [6, 6.07) is -0.312. The Kier molecular flexibility index (Phi) is 6.54. The Labute approximate surface area is 119 Å². The Balaban J connectivity index is 0.00000180. The van der Waals surface area contributed by atoms with Crippen molar-refractivity contribution in [1.29, 1.82) is 0 Å². The smallest absolute Gasteiger partial charge is 0.245 e. The Morgan fingerprint density at radius 3 is 2.47 bits per heavy atom. The summed E-state index contributed by atoms with van der Waals surface area (Å²) in [7, 11) is 0. The second-order valence-electron chi connectivity index (χ2n) is 4.74. The number of hydrogen-bond acceptors (Lipinski definition) is 4. The normalized spacial score (nSPS) is 23.7. The molecule has 110 valence electrons. The van der Waals surface area contributed by atoms with Crippen LogP contribution in [0.5, 0.6) is 0 Å². The number of amides is 2. The number of hydrogen-bond donors (Lipinski definition) is 1. The van der Waals surface area contributed by atoms with Gasteiger partial charge in [0.15, 0.2) is 0 Å². The molecule has 6 nitrogen and oxygen atoms in total. The minimum absolute atomic E-state index is 0. The average molecular weight is 292 g/mol. The van der Waals surface area contributed by atoms with Gasteiger partial charge in [-0.3, -0.25) is 9.59 Å². The molecule has 1 unspecified atom stereocenters. The van der Waals surface area contributed by atoms with Crippen LogP contribution in [-0.2, 0) is 14.3 Å². The largest absolute Gasteiger partial charge is 0.378 e. The van der Waals surface area contributed by atoms with Crippen molar-refractivity contribution in [1.82, 2.24) is 9.80 Å². The molecule has 2 aliphatic rings. The molecule has 7 heteroatoms. The van der Waals surface area contributed by atoms with Crippen LogP contribution in [-0.4, -0.2) is 67.0 Å². The SMILES string of the molecule is Cl.NCC(=O)N1CCCCC1C(=O)N1CCOCC1. The molecule has 0 aliphatic carbocycles. The fourth-order valence-corrected chi connectivity index (χ4v) is 2.60. The molecule has 0 saturated carbocycles. The number of halogens is 1. The van der Waals surface area contributed by atoms with E-state index in [1.54, 1.807) is 9.80 Å². The van der Waals surface area contributed by atoms with Gasteiger partial charge in [0.25, 0.3) is 0 Å². The number of nitrogens with two attached hydrogens (primary N) is 1. The molecule has 0 spiro atoms. The van der Waals surface area contributed by atoms with Crippen LogP contribution in [0.25, 0.3) is 0 Å². The van der Waals surface area contributed by atoms with E-state index >= 15 is 0 Å². The van der Waals surface area contributed by atoms with E-state index in [-0.39, 0.29) is 36.8 Å². The summed E-state index contributed by atoms with van der Waals surface area (Å²) in [6.07, 6.45) is 2.70. The maximum absolute atomic E-state index is 12.4. The summed E-state index contributed by atoms with van der Waals surface area (Å²) in [4.78, 5) is 27.6. The highest BCUT2D eigenvalue weighted by molar-refractivity contribution is 5.88. The van der Waals surface area contributed by atoms with Gasteiger partial charge in [-0.25, -0.2) is 0 Å². The fourth-order valence-electron chi connectivity index (χ4n) is 2.60. The van der Waals surface area contributed by atoms with Gasteiger partial charge in [0.05, 0.1) is 19.8 Å². The number of morpholine rings is 1. The van der Waals surface area contributed by atoms with E-state index in [1.165, 1.54) is 0 Å². The van der Waals surface area contributed by atoms with Gasteiger partial charge in [-0.1, -0.05) is 0 Å². The summed E-state index contributed by atoms with van der Waals surface area (Å²) in [5, 5.41) is 0. The maximum atomic E-state index is 12.4. The van der Waals surface area contributed by atoms with E-state index in [4.69, 9.17) is 10.5 Å². The van der Waals surface area contributed by atoms with Gasteiger partial charge >= 0.3 is 0 Å². The molecule has 2 N–H and O–H groups in total. The zero-order chi connectivity index (χ0) is 13.0. The zero-order valence-corrected chi connectivity index (χ0v) is 11.9. The Bertz CT molecular complexity index is 321. The molecule has 2 saturated heterocycles. The lowest BCUT2D eigenvalue weighted by atomic mass is 10.0. The number of carbonyl (C=O) groups is 2. The first kappa shape index (κ1) is 16.2. The Hall–Kier alpha value is -0.850. The zero-order valence-electron chi connectivity index (χ0n) is 11.0. The Morgan fingerprint density at radius 1 is 1.16 bits per heavy atom. The topological polar surface area (TPSA) is 75.9 Å². The minimum atomic E-state index is -0.312. The monoisotopic (exact) mass is 291 g/mol. The molecule has 0 radical (unpaired) electrons. The lowest BCUT2D eigenvalue weighted by molar-refractivity contribution is -0.149. The number of nitrogens with zero attached hydrogens (tertiary/aromatic N) is 2. The highest BCUT2D eigenvalue weighted by Gasteiger charge is 2.34. The van der Waals surface area contributed by atoms with Crippen molar-refractivity contribution in [3.05, 3.63) is 0 Å². The van der Waals surface area contributed by atoms with Crippen LogP contribution in [0.1, 0.15) is 19.3 Å². The molecule has 0 aromatic heterocycles. The van der Waals surface area contributed by atoms with Crippen LogP contribution in [0.2, 0.25) is 0 Å². The lowest BCUT2D eigenvalue weighted by Crippen LogP contribution is -2.56. The minimum Gasteiger partial charge on any atom is -0.378 e. The van der Waals surface area contributed by atoms with Crippen molar-refractivity contribution in [2.45, 2.75) is 25.3 Å². The van der Waals surface area contributed by atoms with Gasteiger partial charge in [0, 0.05) is 19.6 Å². The van der Waals surface area contributed by atoms with Crippen molar-refractivity contribution in [2.24, 2.45) is 5.73 Å². The highest BCUT2D eigenvalue weighted by atomic mass is 35.5. The third-order valence-corrected chi connectivity index (χ3v) is 3.61. The Morgan fingerprint density at radius 2 is 1.84 bits per heavy atom. The second-order valence-corrected chi connectivity index (χ2v) is 4.74. The fraction of sp³-hybridized carbons (Fsp3) is 0.833. The molecule has 2 aliphatic heterocycles. The van der Waals surface area contributed by atoms with Crippen LogP contribution in [0.4, 0.5) is 0 Å². The molecular weight excluding hydrogens is 270 g/mol. The van der Waals surface area contributed by atoms with Gasteiger partial charge in [0.2, 0.25) is 11.8 Å². The molecular formula is C12H22ClN3O3. The van der Waals surface area contributed by atoms with Crippen molar-refractivity contribution < 1.29 is 14.3 Å².